The summed E-state index contributed by atoms with van der Waals surface area (Å²) >= 11 is 5.89. The molecule has 0 fully saturated rings. The molecule has 146 valence electrons. The number of methoxy groups -OCH3 is 1. The number of ether oxygens (including phenoxy) is 2. The Morgan fingerprint density at radius 1 is 1.21 bits per heavy atom. The van der Waals surface area contributed by atoms with Crippen LogP contribution in [-0.4, -0.2) is 32.8 Å². The largest absolute Gasteiger partial charge is 0.486 e. The van der Waals surface area contributed by atoms with Crippen molar-refractivity contribution >= 4 is 17.6 Å². The van der Waals surface area contributed by atoms with Gasteiger partial charge in [-0.25, -0.2) is 19.4 Å². The van der Waals surface area contributed by atoms with Gasteiger partial charge in [-0.15, -0.1) is 0 Å². The van der Waals surface area contributed by atoms with Crippen LogP contribution in [0.5, 0.6) is 5.75 Å². The number of nitrogens with zero attached hydrogens (tertiary/aromatic N) is 4. The summed E-state index contributed by atoms with van der Waals surface area (Å²) < 4.78 is 50.4. The van der Waals surface area contributed by atoms with Gasteiger partial charge in [-0.2, -0.15) is 18.3 Å². The van der Waals surface area contributed by atoms with Gasteiger partial charge in [-0.3, -0.25) is 0 Å². The minimum Gasteiger partial charge on any atom is -0.486 e. The van der Waals surface area contributed by atoms with Crippen LogP contribution in [0.25, 0.3) is 5.95 Å². The first-order chi connectivity index (χ1) is 13.3. The first-order valence-corrected chi connectivity index (χ1v) is 8.11. The Labute approximate surface area is 161 Å². The standard InChI is InChI=1S/C17H12ClF3N4O3/c1-27-15(26)14-5-6-25(24-14)16-22-7-10(8-23-16)28-9-11-12(17(19,20)21)3-2-4-13(11)18/h2-8H,9H2,1H3. The maximum Gasteiger partial charge on any atom is 0.416 e. The van der Waals surface area contributed by atoms with E-state index < -0.39 is 24.3 Å². The number of rotatable bonds is 5. The van der Waals surface area contributed by atoms with Crippen molar-refractivity contribution in [3.63, 3.8) is 0 Å². The fourth-order valence-corrected chi connectivity index (χ4v) is 2.51. The lowest BCUT2D eigenvalue weighted by Gasteiger charge is -2.14. The zero-order chi connectivity index (χ0) is 20.3. The smallest absolute Gasteiger partial charge is 0.416 e. The highest BCUT2D eigenvalue weighted by molar-refractivity contribution is 6.31. The first kappa shape index (κ1) is 19.6. The molecule has 0 amide bonds. The molecule has 11 heteroatoms. The van der Waals surface area contributed by atoms with Gasteiger partial charge in [0.1, 0.15) is 6.61 Å². The predicted molar refractivity (Wildman–Crippen MR) is 91.3 cm³/mol. The van der Waals surface area contributed by atoms with E-state index in [1.807, 2.05) is 0 Å². The summed E-state index contributed by atoms with van der Waals surface area (Å²) in [6.45, 7) is -0.411. The van der Waals surface area contributed by atoms with Gasteiger partial charge in [0.15, 0.2) is 11.4 Å². The van der Waals surface area contributed by atoms with Gasteiger partial charge in [0.05, 0.1) is 25.1 Å². The van der Waals surface area contributed by atoms with Crippen molar-refractivity contribution in [2.75, 3.05) is 7.11 Å². The first-order valence-electron chi connectivity index (χ1n) is 7.73. The van der Waals surface area contributed by atoms with Crippen molar-refractivity contribution in [2.24, 2.45) is 0 Å². The Bertz CT molecular complexity index is 990. The molecule has 1 aromatic carbocycles. The molecule has 0 radical (unpaired) electrons. The van der Waals surface area contributed by atoms with Gasteiger partial charge in [0.2, 0.25) is 0 Å². The summed E-state index contributed by atoms with van der Waals surface area (Å²) in [5.74, 6) is -0.340. The quantitative estimate of drug-likeness (QED) is 0.594. The third kappa shape index (κ3) is 4.22. The third-order valence-corrected chi connectivity index (χ3v) is 3.96. The second kappa shape index (κ2) is 7.85. The molecule has 0 atom stereocenters. The molecule has 2 heterocycles. The number of carbonyl (C=O) groups excluding carboxylic acids is 1. The molecule has 7 nitrogen and oxygen atoms in total. The molecule has 3 aromatic rings. The Hall–Kier alpha value is -3.14. The van der Waals surface area contributed by atoms with Crippen LogP contribution in [0.2, 0.25) is 5.02 Å². The molecular weight excluding hydrogens is 401 g/mol. The molecule has 28 heavy (non-hydrogen) atoms. The number of hydrogen-bond donors (Lipinski definition) is 0. The van der Waals surface area contributed by atoms with Gasteiger partial charge >= 0.3 is 12.1 Å². The molecule has 0 N–H and O–H groups in total. The molecular formula is C17H12ClF3N4O3. The highest BCUT2D eigenvalue weighted by atomic mass is 35.5. The van der Waals surface area contributed by atoms with E-state index in [0.29, 0.717) is 0 Å². The van der Waals surface area contributed by atoms with Crippen LogP contribution >= 0.6 is 11.6 Å². The molecule has 2 aromatic heterocycles. The number of aromatic nitrogens is 4. The number of carbonyl (C=O) groups is 1. The summed E-state index contributed by atoms with van der Waals surface area (Å²) in [5, 5.41) is 3.90. The van der Waals surface area contributed by atoms with Crippen molar-refractivity contribution in [3.8, 4) is 11.7 Å². The van der Waals surface area contributed by atoms with Crippen LogP contribution in [0.3, 0.4) is 0 Å². The maximum atomic E-state index is 13.1. The van der Waals surface area contributed by atoms with E-state index in [1.54, 1.807) is 0 Å². The summed E-state index contributed by atoms with van der Waals surface area (Å²) in [4.78, 5) is 19.4. The predicted octanol–water partition coefficient (Wildman–Crippen LogP) is 3.70. The lowest BCUT2D eigenvalue weighted by Crippen LogP contribution is -2.11. The SMILES string of the molecule is COC(=O)c1ccn(-c2ncc(OCc3c(Cl)cccc3C(F)(F)F)cn2)n1. The van der Waals surface area contributed by atoms with Crippen LogP contribution in [0.15, 0.2) is 42.9 Å². The Morgan fingerprint density at radius 2 is 1.93 bits per heavy atom. The Kier molecular flexibility index (Phi) is 5.50. The van der Waals surface area contributed by atoms with Gasteiger partial charge in [-0.05, 0) is 18.2 Å². The van der Waals surface area contributed by atoms with Crippen molar-refractivity contribution in [3.05, 3.63) is 64.7 Å². The van der Waals surface area contributed by atoms with Gasteiger partial charge in [0, 0.05) is 16.8 Å². The van der Waals surface area contributed by atoms with E-state index in [2.05, 4.69) is 19.8 Å². The van der Waals surface area contributed by atoms with Crippen molar-refractivity contribution in [1.82, 2.24) is 19.7 Å². The van der Waals surface area contributed by atoms with Crippen LogP contribution in [-0.2, 0) is 17.5 Å². The average Bonchev–Trinajstić information content (AvgIpc) is 3.16. The van der Waals surface area contributed by atoms with Gasteiger partial charge < -0.3 is 9.47 Å². The van der Waals surface area contributed by atoms with E-state index in [9.17, 15) is 18.0 Å². The highest BCUT2D eigenvalue weighted by Gasteiger charge is 2.34. The molecule has 3 rings (SSSR count). The van der Waals surface area contributed by atoms with Crippen molar-refractivity contribution in [1.29, 1.82) is 0 Å². The molecule has 0 aliphatic rings. The molecule has 0 saturated heterocycles. The van der Waals surface area contributed by atoms with Crippen molar-refractivity contribution in [2.45, 2.75) is 12.8 Å². The zero-order valence-electron chi connectivity index (χ0n) is 14.3. The van der Waals surface area contributed by atoms with Crippen LogP contribution in [0.1, 0.15) is 21.6 Å². The number of halogens is 4. The highest BCUT2D eigenvalue weighted by Crippen LogP contribution is 2.35. The van der Waals surface area contributed by atoms with Crippen LogP contribution in [0, 0.1) is 0 Å². The minimum absolute atomic E-state index is 0.0563. The fourth-order valence-electron chi connectivity index (χ4n) is 2.28. The summed E-state index contributed by atoms with van der Waals surface area (Å²) in [6, 6.07) is 4.93. The zero-order valence-corrected chi connectivity index (χ0v) is 15.0. The average molecular weight is 413 g/mol. The van der Waals surface area contributed by atoms with E-state index in [0.717, 1.165) is 6.07 Å². The number of hydrogen-bond acceptors (Lipinski definition) is 6. The maximum absolute atomic E-state index is 13.1. The molecule has 0 bridgehead atoms. The molecule has 0 aliphatic carbocycles. The minimum atomic E-state index is -4.55. The summed E-state index contributed by atoms with van der Waals surface area (Å²) in [5.41, 5.74) is -0.982. The van der Waals surface area contributed by atoms with E-state index >= 15 is 0 Å². The number of alkyl halides is 3. The van der Waals surface area contributed by atoms with Crippen LogP contribution < -0.4 is 4.74 Å². The Balaban J connectivity index is 1.74. The van der Waals surface area contributed by atoms with E-state index in [4.69, 9.17) is 16.3 Å². The second-order valence-corrected chi connectivity index (χ2v) is 5.82. The van der Waals surface area contributed by atoms with Crippen molar-refractivity contribution < 1.29 is 27.4 Å². The third-order valence-electron chi connectivity index (χ3n) is 3.61. The molecule has 0 saturated carbocycles. The number of esters is 1. The van der Waals surface area contributed by atoms with Gasteiger partial charge in [0.25, 0.3) is 5.95 Å². The monoisotopic (exact) mass is 412 g/mol. The summed E-state index contributed by atoms with van der Waals surface area (Å²) in [7, 11) is 1.23. The molecule has 0 spiro atoms. The second-order valence-electron chi connectivity index (χ2n) is 5.41. The topological polar surface area (TPSA) is 79.1 Å². The Morgan fingerprint density at radius 3 is 2.57 bits per heavy atom. The van der Waals surface area contributed by atoms with Gasteiger partial charge in [-0.1, -0.05) is 17.7 Å². The molecule has 0 aliphatic heterocycles. The lowest BCUT2D eigenvalue weighted by molar-refractivity contribution is -0.138. The summed E-state index contributed by atoms with van der Waals surface area (Å²) in [6.07, 6.45) is -0.555. The molecule has 0 unspecified atom stereocenters. The van der Waals surface area contributed by atoms with E-state index in [1.165, 1.54) is 48.6 Å². The lowest BCUT2D eigenvalue weighted by atomic mass is 10.1. The number of benzene rings is 1. The van der Waals surface area contributed by atoms with E-state index in [-0.39, 0.29) is 28.0 Å². The normalized spacial score (nSPS) is 11.3. The van der Waals surface area contributed by atoms with Crippen LogP contribution in [0.4, 0.5) is 13.2 Å². The fraction of sp³-hybridized carbons (Fsp3) is 0.176.